The van der Waals surface area contributed by atoms with Gasteiger partial charge in [-0.3, -0.25) is 4.79 Å². The molecule has 0 spiro atoms. The van der Waals surface area contributed by atoms with Crippen molar-refractivity contribution in [3.63, 3.8) is 0 Å². The summed E-state index contributed by atoms with van der Waals surface area (Å²) in [5, 5.41) is 0.763. The van der Waals surface area contributed by atoms with Crippen molar-refractivity contribution in [1.29, 1.82) is 0 Å². The van der Waals surface area contributed by atoms with Gasteiger partial charge in [-0.15, -0.1) is 11.8 Å². The Balaban J connectivity index is 1.60. The van der Waals surface area contributed by atoms with Gasteiger partial charge in [-0.1, -0.05) is 72.3 Å². The molecule has 5 heteroatoms. The second-order valence-corrected chi connectivity index (χ2v) is 10.4. The van der Waals surface area contributed by atoms with Crippen LogP contribution < -0.4 is 5.73 Å². The second kappa shape index (κ2) is 10.8. The highest BCUT2D eigenvalue weighted by Gasteiger charge is 2.52. The van der Waals surface area contributed by atoms with Gasteiger partial charge in [0.25, 0.3) is 0 Å². The fourth-order valence-corrected chi connectivity index (χ4v) is 6.41. The van der Waals surface area contributed by atoms with E-state index in [1.54, 1.807) is 0 Å². The molecule has 1 aliphatic rings. The van der Waals surface area contributed by atoms with E-state index in [0.29, 0.717) is 0 Å². The average molecular weight is 479 g/mol. The molecule has 3 aromatic rings. The van der Waals surface area contributed by atoms with Gasteiger partial charge in [0.2, 0.25) is 5.91 Å². The Kier molecular flexibility index (Phi) is 7.79. The van der Waals surface area contributed by atoms with Gasteiger partial charge in [-0.25, -0.2) is 0 Å². The lowest BCUT2D eigenvalue weighted by molar-refractivity contribution is -0.124. The zero-order chi connectivity index (χ0) is 23.3. The molecule has 2 N–H and O–H groups in total. The molecular weight excluding hydrogens is 448 g/mol. The van der Waals surface area contributed by atoms with Gasteiger partial charge in [0.15, 0.2) is 0 Å². The van der Waals surface area contributed by atoms with E-state index in [0.717, 1.165) is 47.7 Å². The van der Waals surface area contributed by atoms with Crippen molar-refractivity contribution in [1.82, 2.24) is 4.90 Å². The first-order valence-corrected chi connectivity index (χ1v) is 12.9. The lowest BCUT2D eigenvalue weighted by Crippen LogP contribution is -2.52. The number of amides is 1. The van der Waals surface area contributed by atoms with Gasteiger partial charge in [0.05, 0.1) is 0 Å². The van der Waals surface area contributed by atoms with Gasteiger partial charge >= 0.3 is 0 Å². The topological polar surface area (TPSA) is 46.3 Å². The van der Waals surface area contributed by atoms with E-state index in [-0.39, 0.29) is 17.9 Å². The summed E-state index contributed by atoms with van der Waals surface area (Å²) < 4.78 is 0. The summed E-state index contributed by atoms with van der Waals surface area (Å²) in [6, 6.07) is 28.5. The quantitative estimate of drug-likeness (QED) is 0.303. The standard InChI is InChI=1S/C28H31ClN2OS/c1-31-19-18-25(26(31)13-8-20-33-24-16-14-23(29)15-17-24)28(27(30)32,21-9-4-2-5-10-21)22-11-6-3-7-12-22/h2-7,9-12,14-17,25-26H,8,13,18-20H2,1H3,(H2,30,32)/t25-,26+/m1/s1. The maximum atomic E-state index is 13.4. The number of benzene rings is 3. The van der Waals surface area contributed by atoms with Gasteiger partial charge in [-0.2, -0.15) is 0 Å². The van der Waals surface area contributed by atoms with Crippen LogP contribution in [0.2, 0.25) is 5.02 Å². The molecule has 0 aromatic heterocycles. The van der Waals surface area contributed by atoms with Gasteiger partial charge in [0.1, 0.15) is 5.41 Å². The minimum absolute atomic E-state index is 0.116. The van der Waals surface area contributed by atoms with E-state index in [1.807, 2.05) is 60.3 Å². The summed E-state index contributed by atoms with van der Waals surface area (Å²) in [6.45, 7) is 0.967. The van der Waals surface area contributed by atoms with Crippen LogP contribution in [0.5, 0.6) is 0 Å². The van der Waals surface area contributed by atoms with Crippen LogP contribution in [-0.2, 0) is 10.2 Å². The zero-order valence-electron chi connectivity index (χ0n) is 19.0. The van der Waals surface area contributed by atoms with Crippen molar-refractivity contribution >= 4 is 29.3 Å². The number of halogens is 1. The normalized spacial score (nSPS) is 19.0. The number of hydrogen-bond acceptors (Lipinski definition) is 3. The lowest BCUT2D eigenvalue weighted by Gasteiger charge is -2.41. The third-order valence-electron chi connectivity index (χ3n) is 6.95. The number of nitrogens with two attached hydrogens (primary N) is 1. The summed E-state index contributed by atoms with van der Waals surface area (Å²) >= 11 is 7.86. The molecule has 33 heavy (non-hydrogen) atoms. The molecule has 3 aromatic carbocycles. The summed E-state index contributed by atoms with van der Waals surface area (Å²) in [5.41, 5.74) is 7.43. The van der Waals surface area contributed by atoms with Gasteiger partial charge < -0.3 is 10.6 Å². The Hall–Kier alpha value is -2.27. The first kappa shape index (κ1) is 23.9. The Bertz CT molecular complexity index is 1000. The Morgan fingerprint density at radius 3 is 2.12 bits per heavy atom. The monoisotopic (exact) mass is 478 g/mol. The van der Waals surface area contributed by atoms with Gasteiger partial charge in [-0.05, 0) is 79.9 Å². The third-order valence-corrected chi connectivity index (χ3v) is 8.30. The Morgan fingerprint density at radius 1 is 1.00 bits per heavy atom. The SMILES string of the molecule is CN1CC[C@@H](C(C(N)=O)(c2ccccc2)c2ccccc2)[C@@H]1CCCSc1ccc(Cl)cc1. The Morgan fingerprint density at radius 2 is 1.58 bits per heavy atom. The van der Waals surface area contributed by atoms with Crippen LogP contribution >= 0.6 is 23.4 Å². The predicted molar refractivity (Wildman–Crippen MR) is 139 cm³/mol. The third kappa shape index (κ3) is 4.98. The Labute approximate surface area is 206 Å². The lowest BCUT2D eigenvalue weighted by atomic mass is 9.62. The molecule has 1 saturated heterocycles. The van der Waals surface area contributed by atoms with E-state index in [9.17, 15) is 4.79 Å². The van der Waals surface area contributed by atoms with Crippen molar-refractivity contribution in [2.24, 2.45) is 11.7 Å². The van der Waals surface area contributed by atoms with Crippen LogP contribution in [0.3, 0.4) is 0 Å². The molecule has 1 aliphatic heterocycles. The summed E-state index contributed by atoms with van der Waals surface area (Å²) in [7, 11) is 2.18. The van der Waals surface area contributed by atoms with E-state index in [2.05, 4.69) is 48.3 Å². The number of rotatable bonds is 9. The maximum absolute atomic E-state index is 13.4. The van der Waals surface area contributed by atoms with E-state index < -0.39 is 5.41 Å². The fraction of sp³-hybridized carbons (Fsp3) is 0.321. The zero-order valence-corrected chi connectivity index (χ0v) is 20.6. The minimum Gasteiger partial charge on any atom is -0.369 e. The molecule has 1 heterocycles. The summed E-state index contributed by atoms with van der Waals surface area (Å²) in [4.78, 5) is 17.0. The first-order valence-electron chi connectivity index (χ1n) is 11.5. The second-order valence-electron chi connectivity index (χ2n) is 8.79. The number of likely N-dealkylation sites (tertiary alicyclic amines) is 1. The molecule has 1 fully saturated rings. The molecule has 2 atom stereocenters. The van der Waals surface area contributed by atoms with Crippen LogP contribution in [0.25, 0.3) is 0 Å². The van der Waals surface area contributed by atoms with Crippen LogP contribution in [0.1, 0.15) is 30.4 Å². The molecule has 172 valence electrons. The van der Waals surface area contributed by atoms with Crippen LogP contribution in [0.4, 0.5) is 0 Å². The average Bonchev–Trinajstić information content (AvgIpc) is 3.20. The minimum atomic E-state index is -0.846. The predicted octanol–water partition coefficient (Wildman–Crippen LogP) is 6.00. The molecule has 0 bridgehead atoms. The van der Waals surface area contributed by atoms with E-state index in [1.165, 1.54) is 4.90 Å². The number of nitrogens with zero attached hydrogens (tertiary/aromatic N) is 1. The first-order chi connectivity index (χ1) is 16.0. The van der Waals surface area contributed by atoms with Gasteiger partial charge in [0, 0.05) is 16.0 Å². The summed E-state index contributed by atoms with van der Waals surface area (Å²) in [6.07, 6.45) is 3.03. The molecule has 0 radical (unpaired) electrons. The van der Waals surface area contributed by atoms with Crippen molar-refractivity contribution in [2.45, 2.75) is 35.6 Å². The maximum Gasteiger partial charge on any atom is 0.232 e. The molecule has 0 saturated carbocycles. The molecule has 3 nitrogen and oxygen atoms in total. The van der Waals surface area contributed by atoms with Crippen molar-refractivity contribution in [3.05, 3.63) is 101 Å². The van der Waals surface area contributed by atoms with Crippen LogP contribution in [0.15, 0.2) is 89.8 Å². The van der Waals surface area contributed by atoms with Crippen LogP contribution in [0, 0.1) is 5.92 Å². The number of carbonyl (C=O) groups is 1. The molecular formula is C28H31ClN2OS. The van der Waals surface area contributed by atoms with Crippen molar-refractivity contribution < 1.29 is 4.79 Å². The van der Waals surface area contributed by atoms with Crippen LogP contribution in [-0.4, -0.2) is 36.2 Å². The molecule has 1 amide bonds. The molecule has 4 rings (SSSR count). The highest BCUT2D eigenvalue weighted by molar-refractivity contribution is 7.99. The fourth-order valence-electron chi connectivity index (χ4n) is 5.41. The summed E-state index contributed by atoms with van der Waals surface area (Å²) in [5.74, 6) is 0.880. The smallest absolute Gasteiger partial charge is 0.232 e. The largest absolute Gasteiger partial charge is 0.369 e. The van der Waals surface area contributed by atoms with Crippen molar-refractivity contribution in [3.8, 4) is 0 Å². The number of primary amides is 1. The number of hydrogen-bond donors (Lipinski definition) is 1. The van der Waals surface area contributed by atoms with E-state index >= 15 is 0 Å². The highest BCUT2D eigenvalue weighted by Crippen LogP contribution is 2.47. The van der Waals surface area contributed by atoms with Crippen molar-refractivity contribution in [2.75, 3.05) is 19.3 Å². The molecule has 0 aliphatic carbocycles. The highest BCUT2D eigenvalue weighted by atomic mass is 35.5. The van der Waals surface area contributed by atoms with E-state index in [4.69, 9.17) is 17.3 Å². The number of thioether (sulfide) groups is 1. The number of carbonyl (C=O) groups excluding carboxylic acids is 1. The molecule has 0 unspecified atom stereocenters.